The Labute approximate surface area is 226 Å². The minimum Gasteiger partial charge on any atom is -0.333 e. The number of aromatic nitrogens is 1. The van der Waals surface area contributed by atoms with Gasteiger partial charge in [0.2, 0.25) is 5.91 Å². The summed E-state index contributed by atoms with van der Waals surface area (Å²) >= 11 is 1.35. The van der Waals surface area contributed by atoms with Gasteiger partial charge >= 0.3 is 6.03 Å². The van der Waals surface area contributed by atoms with Crippen molar-refractivity contribution in [2.45, 2.75) is 70.0 Å². The zero-order valence-electron chi connectivity index (χ0n) is 21.9. The van der Waals surface area contributed by atoms with Gasteiger partial charge in [-0.1, -0.05) is 19.9 Å². The third-order valence-corrected chi connectivity index (χ3v) is 9.52. The number of benzene rings is 1. The quantitative estimate of drug-likeness (QED) is 0.391. The molecule has 1 saturated heterocycles. The van der Waals surface area contributed by atoms with Crippen molar-refractivity contribution in [1.82, 2.24) is 15.2 Å². The lowest BCUT2D eigenvalue weighted by atomic mass is 9.89. The van der Waals surface area contributed by atoms with Gasteiger partial charge < -0.3 is 26.6 Å². The van der Waals surface area contributed by atoms with E-state index in [4.69, 9.17) is 5.73 Å². The second kappa shape index (κ2) is 9.64. The number of carbonyl (C=O) groups is 3. The summed E-state index contributed by atoms with van der Waals surface area (Å²) in [4.78, 5) is 45.9. The Balaban J connectivity index is 1.23. The molecule has 0 spiro atoms. The molecule has 3 fully saturated rings. The number of fused-ring (bicyclic) bond motifs is 1. The highest BCUT2D eigenvalue weighted by molar-refractivity contribution is 7.14. The highest BCUT2D eigenvalue weighted by atomic mass is 32.1. The van der Waals surface area contributed by atoms with Crippen LogP contribution in [-0.2, 0) is 22.4 Å². The molecule has 1 aliphatic heterocycles. The van der Waals surface area contributed by atoms with Gasteiger partial charge in [0, 0.05) is 25.1 Å². The molecule has 3 atom stereocenters. The molecule has 2 saturated carbocycles. The fourth-order valence-electron chi connectivity index (χ4n) is 6.36. The molecule has 5 N–H and O–H groups in total. The van der Waals surface area contributed by atoms with Crippen LogP contribution in [0, 0.1) is 23.7 Å². The lowest BCUT2D eigenvalue weighted by Gasteiger charge is -2.36. The van der Waals surface area contributed by atoms with Crippen molar-refractivity contribution in [3.63, 3.8) is 0 Å². The fraction of sp³-hybridized carbons (Fsp3) is 0.571. The molecule has 6 rings (SSSR count). The van der Waals surface area contributed by atoms with Gasteiger partial charge in [0.1, 0.15) is 10.5 Å². The van der Waals surface area contributed by atoms with E-state index >= 15 is 0 Å². The van der Waals surface area contributed by atoms with Crippen molar-refractivity contribution in [3.05, 3.63) is 41.0 Å². The Morgan fingerprint density at radius 3 is 2.45 bits per heavy atom. The number of thiazole rings is 1. The summed E-state index contributed by atoms with van der Waals surface area (Å²) in [5.41, 5.74) is 9.70. The molecular weight excluding hydrogens is 500 g/mol. The first-order chi connectivity index (χ1) is 18.2. The summed E-state index contributed by atoms with van der Waals surface area (Å²) in [6, 6.07) is 5.03. The van der Waals surface area contributed by atoms with Crippen molar-refractivity contribution in [1.29, 1.82) is 0 Å². The number of amides is 4. The minimum absolute atomic E-state index is 0.0264. The zero-order valence-corrected chi connectivity index (χ0v) is 22.7. The molecule has 3 aliphatic carbocycles. The molecule has 0 bridgehead atoms. The molecular formula is C28H36N6O3S. The summed E-state index contributed by atoms with van der Waals surface area (Å²) in [6.45, 7) is 4.60. The molecule has 202 valence electrons. The van der Waals surface area contributed by atoms with E-state index in [0.717, 1.165) is 11.1 Å². The Morgan fingerprint density at radius 1 is 1.13 bits per heavy atom. The Bertz CT molecular complexity index is 1230. The van der Waals surface area contributed by atoms with Crippen molar-refractivity contribution < 1.29 is 14.4 Å². The number of hydrogen-bond acceptors (Lipinski definition) is 6. The van der Waals surface area contributed by atoms with E-state index in [1.54, 1.807) is 16.6 Å². The molecule has 1 aromatic carbocycles. The molecule has 38 heavy (non-hydrogen) atoms. The van der Waals surface area contributed by atoms with Gasteiger partial charge in [0.05, 0.1) is 23.8 Å². The van der Waals surface area contributed by atoms with E-state index in [0.29, 0.717) is 41.9 Å². The molecule has 2 heterocycles. The lowest BCUT2D eigenvalue weighted by Crippen LogP contribution is -2.59. The first-order valence-corrected chi connectivity index (χ1v) is 14.6. The van der Waals surface area contributed by atoms with Crippen LogP contribution >= 0.6 is 11.3 Å². The largest absolute Gasteiger partial charge is 0.333 e. The molecule has 9 nitrogen and oxygen atoms in total. The molecule has 2 aromatic rings. The van der Waals surface area contributed by atoms with Crippen molar-refractivity contribution in [3.8, 4) is 0 Å². The highest BCUT2D eigenvalue weighted by Crippen LogP contribution is 2.50. The van der Waals surface area contributed by atoms with E-state index in [9.17, 15) is 14.4 Å². The minimum atomic E-state index is -1.07. The van der Waals surface area contributed by atoms with E-state index in [1.807, 2.05) is 18.2 Å². The Morgan fingerprint density at radius 2 is 1.84 bits per heavy atom. The third-order valence-electron chi connectivity index (χ3n) is 8.84. The van der Waals surface area contributed by atoms with Crippen LogP contribution in [0.25, 0.3) is 0 Å². The lowest BCUT2D eigenvalue weighted by molar-refractivity contribution is -0.125. The van der Waals surface area contributed by atoms with Gasteiger partial charge in [-0.25, -0.2) is 4.79 Å². The molecule has 0 radical (unpaired) electrons. The number of hydrogen-bond donors (Lipinski definition) is 4. The van der Waals surface area contributed by atoms with Crippen molar-refractivity contribution in [2.75, 3.05) is 17.2 Å². The fourth-order valence-corrected chi connectivity index (χ4v) is 6.86. The standard InChI is InChI=1S/C28H36N6O3S/c1-15(2)21-13-34(27(37)32-21)28(26(36)33-22-12-30-14-38-22)10-18-7-8-20(9-19(18)11-28)31-25(35)24(29)23(16-3-4-16)17-5-6-17/h7-9,12,14-17,21,23-24H,3-6,10-11,13,29H2,1-2H3,(H,31,35)(H,32,37)(H,33,36)/t21-,24-,28?/m0/s1. The van der Waals surface area contributed by atoms with Gasteiger partial charge in [-0.15, -0.1) is 11.3 Å². The average molecular weight is 537 g/mol. The second-order valence-electron chi connectivity index (χ2n) is 11.9. The number of rotatable bonds is 9. The molecule has 1 aromatic heterocycles. The SMILES string of the molecule is CC(C)[C@@H]1CN(C2(C(=O)Nc3cncs3)Cc3ccc(NC(=O)[C@@H](N)C(C4CC4)C4CC4)cc3C2)C(=O)N1. The molecule has 4 aliphatic rings. The van der Waals surface area contributed by atoms with Gasteiger partial charge in [0.15, 0.2) is 0 Å². The van der Waals surface area contributed by atoms with E-state index in [-0.39, 0.29) is 35.7 Å². The maximum Gasteiger partial charge on any atom is 0.318 e. The van der Waals surface area contributed by atoms with E-state index in [2.05, 4.69) is 34.8 Å². The van der Waals surface area contributed by atoms with Gasteiger partial charge in [0.25, 0.3) is 5.91 Å². The monoisotopic (exact) mass is 536 g/mol. The first-order valence-electron chi connectivity index (χ1n) is 13.7. The van der Waals surface area contributed by atoms with E-state index < -0.39 is 11.6 Å². The zero-order chi connectivity index (χ0) is 26.6. The van der Waals surface area contributed by atoms with Crippen LogP contribution in [-0.4, -0.2) is 51.9 Å². The summed E-state index contributed by atoms with van der Waals surface area (Å²) < 4.78 is 0. The van der Waals surface area contributed by atoms with Gasteiger partial charge in [-0.3, -0.25) is 14.6 Å². The van der Waals surface area contributed by atoms with Gasteiger partial charge in [-0.2, -0.15) is 0 Å². The van der Waals surface area contributed by atoms with Crippen LogP contribution in [0.5, 0.6) is 0 Å². The number of nitrogens with one attached hydrogen (secondary N) is 3. The number of nitrogens with zero attached hydrogens (tertiary/aromatic N) is 2. The number of nitrogens with two attached hydrogens (primary N) is 1. The average Bonchev–Trinajstić information content (AvgIpc) is 3.77. The van der Waals surface area contributed by atoms with Crippen LogP contribution in [0.2, 0.25) is 0 Å². The number of urea groups is 1. The van der Waals surface area contributed by atoms with Crippen molar-refractivity contribution >= 4 is 39.9 Å². The predicted molar refractivity (Wildman–Crippen MR) is 147 cm³/mol. The molecule has 4 amide bonds. The third kappa shape index (κ3) is 4.68. The molecule has 10 heteroatoms. The second-order valence-corrected chi connectivity index (χ2v) is 12.8. The maximum absolute atomic E-state index is 13.8. The van der Waals surface area contributed by atoms with Crippen LogP contribution in [0.3, 0.4) is 0 Å². The summed E-state index contributed by atoms with van der Waals surface area (Å²) in [5.74, 6) is 1.33. The topological polar surface area (TPSA) is 129 Å². The normalized spacial score (nSPS) is 25.4. The van der Waals surface area contributed by atoms with Crippen molar-refractivity contribution in [2.24, 2.45) is 29.4 Å². The molecule has 1 unspecified atom stereocenters. The maximum atomic E-state index is 13.8. The van der Waals surface area contributed by atoms with Crippen LogP contribution in [0.15, 0.2) is 29.9 Å². The highest BCUT2D eigenvalue weighted by Gasteiger charge is 2.53. The van der Waals surface area contributed by atoms with Crippen LogP contribution in [0.1, 0.15) is 50.7 Å². The number of anilines is 2. The first kappa shape index (κ1) is 25.3. The van der Waals surface area contributed by atoms with Crippen LogP contribution < -0.4 is 21.7 Å². The smallest absolute Gasteiger partial charge is 0.318 e. The van der Waals surface area contributed by atoms with Crippen LogP contribution in [0.4, 0.5) is 15.5 Å². The summed E-state index contributed by atoms with van der Waals surface area (Å²) in [6.07, 6.45) is 7.09. The Hall–Kier alpha value is -2.98. The van der Waals surface area contributed by atoms with Gasteiger partial charge in [-0.05, 0) is 72.6 Å². The predicted octanol–water partition coefficient (Wildman–Crippen LogP) is 3.37. The Kier molecular flexibility index (Phi) is 6.42. The summed E-state index contributed by atoms with van der Waals surface area (Å²) in [7, 11) is 0. The summed E-state index contributed by atoms with van der Waals surface area (Å²) in [5, 5.41) is 9.75. The number of carbonyl (C=O) groups excluding carboxylic acids is 3. The van der Waals surface area contributed by atoms with E-state index in [1.165, 1.54) is 37.0 Å².